The second kappa shape index (κ2) is 4.27. The third-order valence-corrected chi connectivity index (χ3v) is 1.65. The van der Waals surface area contributed by atoms with Crippen LogP contribution in [0, 0.1) is 0 Å². The van der Waals surface area contributed by atoms with Crippen LogP contribution in [0.5, 0.6) is 0 Å². The molecule has 0 radical (unpaired) electrons. The van der Waals surface area contributed by atoms with Gasteiger partial charge in [0, 0.05) is 5.69 Å². The number of carbonyl (C=O) groups is 2. The molecule has 0 bridgehead atoms. The summed E-state index contributed by atoms with van der Waals surface area (Å²) in [5.41, 5.74) is 10.6. The standard InChI is InChI=1S/C9H11N3O2/c10-8(13)6-12(9(11)14)7-4-2-1-3-5-7/h1-5H,6H2,(H2,10,13)(H2,11,14). The van der Waals surface area contributed by atoms with Crippen molar-refractivity contribution < 1.29 is 9.59 Å². The van der Waals surface area contributed by atoms with Crippen molar-refractivity contribution in [1.29, 1.82) is 0 Å². The fourth-order valence-corrected chi connectivity index (χ4v) is 1.06. The lowest BCUT2D eigenvalue weighted by molar-refractivity contribution is -0.116. The monoisotopic (exact) mass is 193 g/mol. The second-order valence-corrected chi connectivity index (χ2v) is 2.73. The van der Waals surface area contributed by atoms with Gasteiger partial charge in [0.2, 0.25) is 5.91 Å². The highest BCUT2D eigenvalue weighted by Gasteiger charge is 2.13. The molecule has 0 heterocycles. The summed E-state index contributed by atoms with van der Waals surface area (Å²) < 4.78 is 0. The third-order valence-electron chi connectivity index (χ3n) is 1.65. The summed E-state index contributed by atoms with van der Waals surface area (Å²) in [6.45, 7) is -0.209. The first kappa shape index (κ1) is 10.0. The molecule has 5 nitrogen and oxygen atoms in total. The fourth-order valence-electron chi connectivity index (χ4n) is 1.06. The van der Waals surface area contributed by atoms with Gasteiger partial charge in [-0.15, -0.1) is 0 Å². The Bertz CT molecular complexity index is 337. The van der Waals surface area contributed by atoms with Crippen LogP contribution in [0.15, 0.2) is 30.3 Å². The van der Waals surface area contributed by atoms with Crippen molar-refractivity contribution in [2.24, 2.45) is 11.5 Å². The Hall–Kier alpha value is -2.04. The van der Waals surface area contributed by atoms with Crippen molar-refractivity contribution in [1.82, 2.24) is 0 Å². The molecule has 0 aromatic heterocycles. The van der Waals surface area contributed by atoms with E-state index in [0.29, 0.717) is 5.69 Å². The van der Waals surface area contributed by atoms with Crippen LogP contribution in [0.3, 0.4) is 0 Å². The molecule has 0 fully saturated rings. The van der Waals surface area contributed by atoms with Gasteiger partial charge in [0.1, 0.15) is 6.54 Å². The second-order valence-electron chi connectivity index (χ2n) is 2.73. The zero-order chi connectivity index (χ0) is 10.6. The van der Waals surface area contributed by atoms with Gasteiger partial charge in [0.05, 0.1) is 0 Å². The maximum Gasteiger partial charge on any atom is 0.319 e. The molecule has 0 atom stereocenters. The van der Waals surface area contributed by atoms with Gasteiger partial charge in [-0.2, -0.15) is 0 Å². The Labute approximate surface area is 81.3 Å². The average molecular weight is 193 g/mol. The van der Waals surface area contributed by atoms with Crippen molar-refractivity contribution in [3.8, 4) is 0 Å². The lowest BCUT2D eigenvalue weighted by Gasteiger charge is -2.18. The molecular weight excluding hydrogens is 182 g/mol. The average Bonchev–Trinajstić information content (AvgIpc) is 2.15. The summed E-state index contributed by atoms with van der Waals surface area (Å²) in [7, 11) is 0. The maximum atomic E-state index is 11.0. The molecule has 0 spiro atoms. The molecule has 4 N–H and O–H groups in total. The van der Waals surface area contributed by atoms with Crippen LogP contribution < -0.4 is 16.4 Å². The predicted octanol–water partition coefficient (Wildman–Crippen LogP) is 0.0570. The Morgan fingerprint density at radius 2 is 1.71 bits per heavy atom. The summed E-state index contributed by atoms with van der Waals surface area (Å²) in [5, 5.41) is 0. The van der Waals surface area contributed by atoms with Crippen LogP contribution in [-0.2, 0) is 4.79 Å². The number of hydrogen-bond acceptors (Lipinski definition) is 2. The van der Waals surface area contributed by atoms with Crippen LogP contribution in [0.1, 0.15) is 0 Å². The molecule has 14 heavy (non-hydrogen) atoms. The lowest BCUT2D eigenvalue weighted by atomic mass is 10.3. The first-order valence-electron chi connectivity index (χ1n) is 4.01. The molecule has 0 aliphatic rings. The number of amides is 3. The van der Waals surface area contributed by atoms with E-state index in [4.69, 9.17) is 11.5 Å². The van der Waals surface area contributed by atoms with E-state index in [2.05, 4.69) is 0 Å². The molecule has 1 aromatic rings. The lowest BCUT2D eigenvalue weighted by Crippen LogP contribution is -2.41. The van der Waals surface area contributed by atoms with Crippen LogP contribution in [0.4, 0.5) is 10.5 Å². The normalized spacial score (nSPS) is 9.43. The minimum absolute atomic E-state index is 0.209. The van der Waals surface area contributed by atoms with Crippen molar-refractivity contribution in [3.63, 3.8) is 0 Å². The third kappa shape index (κ3) is 2.48. The summed E-state index contributed by atoms with van der Waals surface area (Å²) in [6, 6.07) is 7.93. The molecule has 3 amide bonds. The van der Waals surface area contributed by atoms with Crippen molar-refractivity contribution in [2.45, 2.75) is 0 Å². The van der Waals surface area contributed by atoms with Gasteiger partial charge < -0.3 is 11.5 Å². The summed E-state index contributed by atoms with van der Waals surface area (Å²) in [5.74, 6) is -0.604. The smallest absolute Gasteiger partial charge is 0.319 e. The maximum absolute atomic E-state index is 11.0. The van der Waals surface area contributed by atoms with Gasteiger partial charge >= 0.3 is 6.03 Å². The topological polar surface area (TPSA) is 89.4 Å². The number of nitrogens with zero attached hydrogens (tertiary/aromatic N) is 1. The molecule has 0 aliphatic heterocycles. The highest BCUT2D eigenvalue weighted by atomic mass is 16.2. The fraction of sp³-hybridized carbons (Fsp3) is 0.111. The van der Waals surface area contributed by atoms with E-state index in [-0.39, 0.29) is 6.54 Å². The largest absolute Gasteiger partial charge is 0.368 e. The molecule has 0 saturated carbocycles. The van der Waals surface area contributed by atoms with E-state index < -0.39 is 11.9 Å². The summed E-state index contributed by atoms with van der Waals surface area (Å²) in [6.07, 6.45) is 0. The van der Waals surface area contributed by atoms with Crippen LogP contribution >= 0.6 is 0 Å². The number of para-hydroxylation sites is 1. The molecule has 5 heteroatoms. The van der Waals surface area contributed by atoms with Gasteiger partial charge in [-0.05, 0) is 12.1 Å². The first-order valence-corrected chi connectivity index (χ1v) is 4.01. The minimum atomic E-state index is -0.699. The molecular formula is C9H11N3O2. The van der Waals surface area contributed by atoms with E-state index in [1.54, 1.807) is 30.3 Å². The molecule has 1 aromatic carbocycles. The van der Waals surface area contributed by atoms with E-state index in [0.717, 1.165) is 4.90 Å². The number of nitrogens with two attached hydrogens (primary N) is 2. The Morgan fingerprint density at radius 1 is 1.14 bits per heavy atom. The molecule has 0 unspecified atom stereocenters. The van der Waals surface area contributed by atoms with Gasteiger partial charge in [-0.25, -0.2) is 4.79 Å². The number of rotatable bonds is 3. The van der Waals surface area contributed by atoms with Crippen LogP contribution in [-0.4, -0.2) is 18.5 Å². The minimum Gasteiger partial charge on any atom is -0.368 e. The zero-order valence-corrected chi connectivity index (χ0v) is 7.51. The number of hydrogen-bond donors (Lipinski definition) is 2. The summed E-state index contributed by atoms with van der Waals surface area (Å²) in [4.78, 5) is 22.7. The number of anilines is 1. The van der Waals surface area contributed by atoms with Gasteiger partial charge in [0.15, 0.2) is 0 Å². The summed E-state index contributed by atoms with van der Waals surface area (Å²) >= 11 is 0. The van der Waals surface area contributed by atoms with Gasteiger partial charge in [-0.3, -0.25) is 9.69 Å². The molecule has 1 rings (SSSR count). The first-order chi connectivity index (χ1) is 6.61. The molecule has 74 valence electrons. The van der Waals surface area contributed by atoms with E-state index in [9.17, 15) is 9.59 Å². The van der Waals surface area contributed by atoms with Crippen LogP contribution in [0.2, 0.25) is 0 Å². The number of urea groups is 1. The number of benzene rings is 1. The highest BCUT2D eigenvalue weighted by molar-refractivity contribution is 5.96. The van der Waals surface area contributed by atoms with E-state index in [1.807, 2.05) is 0 Å². The highest BCUT2D eigenvalue weighted by Crippen LogP contribution is 2.11. The number of primary amides is 2. The molecule has 0 aliphatic carbocycles. The van der Waals surface area contributed by atoms with Crippen molar-refractivity contribution in [2.75, 3.05) is 11.4 Å². The van der Waals surface area contributed by atoms with Crippen molar-refractivity contribution in [3.05, 3.63) is 30.3 Å². The molecule has 0 saturated heterocycles. The Morgan fingerprint density at radius 3 is 2.14 bits per heavy atom. The number of carbonyl (C=O) groups excluding carboxylic acids is 2. The predicted molar refractivity (Wildman–Crippen MR) is 52.6 cm³/mol. The Balaban J connectivity index is 2.89. The van der Waals surface area contributed by atoms with Crippen LogP contribution in [0.25, 0.3) is 0 Å². The Kier molecular flexibility index (Phi) is 3.06. The van der Waals surface area contributed by atoms with E-state index >= 15 is 0 Å². The van der Waals surface area contributed by atoms with E-state index in [1.165, 1.54) is 0 Å². The SMILES string of the molecule is NC(=O)CN(C(N)=O)c1ccccc1. The zero-order valence-electron chi connectivity index (χ0n) is 7.51. The van der Waals surface area contributed by atoms with Gasteiger partial charge in [0.25, 0.3) is 0 Å². The van der Waals surface area contributed by atoms with Crippen molar-refractivity contribution >= 4 is 17.6 Å². The quantitative estimate of drug-likeness (QED) is 0.710. The van der Waals surface area contributed by atoms with Gasteiger partial charge in [-0.1, -0.05) is 18.2 Å².